The molecule has 0 saturated heterocycles. The lowest BCUT2D eigenvalue weighted by molar-refractivity contribution is 1.22. The first kappa shape index (κ1) is 52.5. The maximum atomic E-state index is 2.68. The van der Waals surface area contributed by atoms with Gasteiger partial charge in [0.2, 0.25) is 13.4 Å². The van der Waals surface area contributed by atoms with Gasteiger partial charge in [-0.25, -0.2) is 0 Å². The number of nitrogens with zero attached hydrogens (tertiary/aromatic N) is 4. The molecule has 420 valence electrons. The van der Waals surface area contributed by atoms with Crippen molar-refractivity contribution in [2.24, 2.45) is 0 Å². The molecule has 0 aromatic heterocycles. The third-order valence-corrected chi connectivity index (χ3v) is 20.9. The summed E-state index contributed by atoms with van der Waals surface area (Å²) < 4.78 is 0. The van der Waals surface area contributed by atoms with E-state index in [1.54, 1.807) is 0 Å². The van der Waals surface area contributed by atoms with Gasteiger partial charge >= 0.3 is 0 Å². The zero-order valence-corrected chi connectivity index (χ0v) is 50.6. The lowest BCUT2D eigenvalue weighted by atomic mass is 9.31. The fraction of sp³-hybridized carbons (Fsp3) is 0. The summed E-state index contributed by atoms with van der Waals surface area (Å²) in [7, 11) is 0. The molecular weight excluding hydrogens is 1130 g/mol. The molecule has 0 aliphatic carbocycles. The second-order valence-electron chi connectivity index (χ2n) is 23.5. The Bertz CT molecular complexity index is 4770. The Morgan fingerprint density at radius 3 is 1.10 bits per heavy atom. The number of hydrogen-bond donors (Lipinski definition) is 0. The molecule has 90 heavy (non-hydrogen) atoms. The lowest BCUT2D eigenvalue weighted by Gasteiger charge is -2.44. The van der Waals surface area contributed by atoms with E-state index in [-0.39, 0.29) is 13.4 Å². The average molecular weight is 1180 g/mol. The van der Waals surface area contributed by atoms with Crippen LogP contribution in [0.3, 0.4) is 0 Å². The Morgan fingerprint density at radius 1 is 0.267 bits per heavy atom. The number of benzene rings is 14. The normalized spacial score (nSPS) is 12.9. The first-order valence-electron chi connectivity index (χ1n) is 30.9. The van der Waals surface area contributed by atoms with Crippen molar-refractivity contribution in [1.82, 2.24) is 0 Å². The molecule has 4 heterocycles. The highest BCUT2D eigenvalue weighted by atomic mass is 32.2. The summed E-state index contributed by atoms with van der Waals surface area (Å²) in [6.45, 7) is -0.240. The van der Waals surface area contributed by atoms with Gasteiger partial charge in [-0.2, -0.15) is 0 Å². The number of para-hydroxylation sites is 8. The van der Waals surface area contributed by atoms with Crippen LogP contribution in [0.25, 0.3) is 33.0 Å². The Labute approximate surface area is 534 Å². The largest absolute Gasteiger partial charge is 0.311 e. The first-order chi connectivity index (χ1) is 44.7. The molecule has 0 atom stereocenters. The smallest absolute Gasteiger partial charge is 0.249 e. The minimum absolute atomic E-state index is 0.120. The summed E-state index contributed by atoms with van der Waals surface area (Å²) in [6.07, 6.45) is 0. The van der Waals surface area contributed by atoms with Crippen LogP contribution in [0.15, 0.2) is 347 Å². The van der Waals surface area contributed by atoms with Crippen molar-refractivity contribution in [3.63, 3.8) is 0 Å². The van der Waals surface area contributed by atoms with E-state index in [4.69, 9.17) is 0 Å². The molecule has 14 aromatic rings. The molecule has 0 fully saturated rings. The quantitative estimate of drug-likeness (QED) is 0.126. The van der Waals surface area contributed by atoms with E-state index in [1.165, 1.54) is 108 Å². The van der Waals surface area contributed by atoms with Crippen LogP contribution in [0.5, 0.6) is 0 Å². The summed E-state index contributed by atoms with van der Waals surface area (Å²) >= 11 is 3.91. The third kappa shape index (κ3) is 8.43. The van der Waals surface area contributed by atoms with Crippen molar-refractivity contribution < 1.29 is 0 Å². The molecule has 0 saturated carbocycles. The standard InChI is InChI=1S/C82H54B2N4S2/c1-7-30-56(31-8-1)85(57-32-9-2-10-33-57)62-50-74-79-76(52-62)89-81-70(83(79)68-46-23-25-48-72(68)87(74)60-38-15-5-16-39-60)54-71-82(78(81)67-44-22-21-43-66(67)65-45-27-29-55-28-19-20-42-64(55)65)90-77-53-63(86(58-34-11-3-12-35-58)59-36-13-4-14-37-59)51-75-80(77)84(71)69-47-24-26-49-73(69)88(75)61-40-17-6-18-41-61/h1-54H. The summed E-state index contributed by atoms with van der Waals surface area (Å²) in [6, 6.07) is 122. The van der Waals surface area contributed by atoms with Gasteiger partial charge in [-0.15, -0.1) is 0 Å². The van der Waals surface area contributed by atoms with Gasteiger partial charge in [0.15, 0.2) is 0 Å². The van der Waals surface area contributed by atoms with E-state index in [0.717, 1.165) is 45.5 Å². The summed E-state index contributed by atoms with van der Waals surface area (Å²) in [5, 5.41) is 2.46. The highest BCUT2D eigenvalue weighted by molar-refractivity contribution is 8.01. The summed E-state index contributed by atoms with van der Waals surface area (Å²) in [5.41, 5.74) is 26.4. The Balaban J connectivity index is 0.963. The van der Waals surface area contributed by atoms with E-state index in [2.05, 4.69) is 347 Å². The van der Waals surface area contributed by atoms with Gasteiger partial charge in [-0.1, -0.05) is 253 Å². The summed E-state index contributed by atoms with van der Waals surface area (Å²) in [5.74, 6) is 0. The number of fused-ring (bicyclic) bond motifs is 9. The molecule has 4 nitrogen and oxygen atoms in total. The summed E-state index contributed by atoms with van der Waals surface area (Å²) in [4.78, 5) is 15.0. The van der Waals surface area contributed by atoms with Crippen LogP contribution in [0.2, 0.25) is 0 Å². The highest BCUT2D eigenvalue weighted by Gasteiger charge is 2.48. The highest BCUT2D eigenvalue weighted by Crippen LogP contribution is 2.54. The second-order valence-corrected chi connectivity index (χ2v) is 25.6. The predicted octanol–water partition coefficient (Wildman–Crippen LogP) is 18.6. The van der Waals surface area contributed by atoms with Crippen molar-refractivity contribution >= 4 is 149 Å². The fourth-order valence-electron chi connectivity index (χ4n) is 14.8. The number of anilines is 12. The molecular formula is C82H54B2N4S2. The van der Waals surface area contributed by atoms with Crippen molar-refractivity contribution in [2.45, 2.75) is 19.6 Å². The lowest BCUT2D eigenvalue weighted by Crippen LogP contribution is -2.64. The zero-order valence-electron chi connectivity index (χ0n) is 48.9. The topological polar surface area (TPSA) is 13.0 Å². The van der Waals surface area contributed by atoms with Crippen molar-refractivity contribution in [3.05, 3.63) is 328 Å². The Kier molecular flexibility index (Phi) is 12.6. The van der Waals surface area contributed by atoms with Gasteiger partial charge < -0.3 is 19.6 Å². The van der Waals surface area contributed by atoms with E-state index in [1.807, 2.05) is 23.5 Å². The molecule has 8 heteroatoms. The molecule has 4 aliphatic rings. The van der Waals surface area contributed by atoms with Gasteiger partial charge in [-0.05, 0) is 159 Å². The maximum Gasteiger partial charge on any atom is 0.249 e. The fourth-order valence-corrected chi connectivity index (χ4v) is 17.5. The van der Waals surface area contributed by atoms with Crippen LogP contribution in [0.4, 0.5) is 68.2 Å². The molecule has 18 rings (SSSR count). The molecule has 0 amide bonds. The molecule has 0 radical (unpaired) electrons. The molecule has 0 N–H and O–H groups in total. The predicted molar refractivity (Wildman–Crippen MR) is 384 cm³/mol. The van der Waals surface area contributed by atoms with Crippen molar-refractivity contribution in [1.29, 1.82) is 0 Å². The van der Waals surface area contributed by atoms with Crippen molar-refractivity contribution in [3.8, 4) is 22.3 Å². The zero-order chi connectivity index (χ0) is 59.2. The van der Waals surface area contributed by atoms with Crippen molar-refractivity contribution in [2.75, 3.05) is 19.6 Å². The second kappa shape index (κ2) is 21.6. The number of rotatable bonds is 10. The average Bonchev–Trinajstić information content (AvgIpc) is 0.693. The minimum atomic E-state index is -0.120. The SMILES string of the molecule is c1ccc(N(c2ccccc2)c2cc3c4c(c2)N(c2ccccc2)c2ccccc2B4c2cc4c(c(-c5ccccc5-c5cccc6ccccc56)c2S3)Sc2cc(N(c3ccccc3)c3ccccc3)cc3c2B4c2ccccc2N3c2ccccc2)cc1. The molecule has 4 aliphatic heterocycles. The third-order valence-electron chi connectivity index (χ3n) is 18.5. The first-order valence-corrected chi connectivity index (χ1v) is 32.5. The van der Waals surface area contributed by atoms with Gasteiger partial charge in [-0.3, -0.25) is 0 Å². The van der Waals surface area contributed by atoms with E-state index >= 15 is 0 Å². The van der Waals surface area contributed by atoms with Gasteiger partial charge in [0.1, 0.15) is 0 Å². The van der Waals surface area contributed by atoms with Crippen LogP contribution in [0, 0.1) is 0 Å². The maximum absolute atomic E-state index is 2.68. The van der Waals surface area contributed by atoms with E-state index < -0.39 is 0 Å². The molecule has 0 unspecified atom stereocenters. The Hall–Kier alpha value is -10.6. The van der Waals surface area contributed by atoms with Gasteiger partial charge in [0.25, 0.3) is 0 Å². The molecule has 0 bridgehead atoms. The van der Waals surface area contributed by atoms with Crippen LogP contribution >= 0.6 is 23.5 Å². The monoisotopic (exact) mass is 1180 g/mol. The number of hydrogen-bond acceptors (Lipinski definition) is 6. The molecule has 14 aromatic carbocycles. The van der Waals surface area contributed by atoms with E-state index in [9.17, 15) is 0 Å². The van der Waals surface area contributed by atoms with Gasteiger partial charge in [0.05, 0.1) is 0 Å². The minimum Gasteiger partial charge on any atom is -0.311 e. The van der Waals surface area contributed by atoms with Crippen LogP contribution in [-0.4, -0.2) is 13.4 Å². The van der Waals surface area contributed by atoms with Gasteiger partial charge in [0, 0.05) is 93.4 Å². The molecule has 0 spiro atoms. The Morgan fingerprint density at radius 2 is 0.633 bits per heavy atom. The van der Waals surface area contributed by atoms with Crippen LogP contribution in [-0.2, 0) is 0 Å². The van der Waals surface area contributed by atoms with E-state index in [0.29, 0.717) is 0 Å². The van der Waals surface area contributed by atoms with Crippen LogP contribution in [0.1, 0.15) is 0 Å². The van der Waals surface area contributed by atoms with Crippen LogP contribution < -0.4 is 52.4 Å².